The Morgan fingerprint density at radius 3 is 0.875 bits per heavy atom. The van der Waals surface area contributed by atoms with Crippen molar-refractivity contribution in [3.8, 4) is 0 Å². The zero-order chi connectivity index (χ0) is 13.0. The third kappa shape index (κ3) is 4.38. The summed E-state index contributed by atoms with van der Waals surface area (Å²) in [7, 11) is 0. The van der Waals surface area contributed by atoms with Crippen LogP contribution in [0, 0.1) is 0 Å². The molecular weight excluding hydrogens is 257 g/mol. The molecule has 0 fully saturated rings. The first-order chi connectivity index (χ1) is 7.20. The Morgan fingerprint density at radius 2 is 0.750 bits per heavy atom. The topological polar surface area (TPSA) is 6.48 Å². The first kappa shape index (κ1) is 16.5. The molecule has 98 valence electrons. The molecule has 0 radical (unpaired) electrons. The van der Waals surface area contributed by atoms with Crippen molar-refractivity contribution < 1.29 is 0 Å². The van der Waals surface area contributed by atoms with Crippen LogP contribution in [0.2, 0.25) is 5.76 Å². The maximum absolute atomic E-state index is 2.77. The van der Waals surface area contributed by atoms with Gasteiger partial charge in [-0.2, -0.15) is 0 Å². The van der Waals surface area contributed by atoms with Gasteiger partial charge in [-0.25, -0.2) is 0 Å². The van der Waals surface area contributed by atoms with Gasteiger partial charge in [0.15, 0.2) is 0 Å². The molecule has 0 amide bonds. The molecule has 0 atom stereocenters. The van der Waals surface area contributed by atoms with Gasteiger partial charge in [-0.3, -0.25) is 0 Å². The summed E-state index contributed by atoms with van der Waals surface area (Å²) < 4.78 is 5.54. The monoisotopic (exact) mass is 290 g/mol. The summed E-state index contributed by atoms with van der Waals surface area (Å²) in [4.78, 5) is 0. The van der Waals surface area contributed by atoms with Gasteiger partial charge in [-0.1, -0.05) is 0 Å². The van der Waals surface area contributed by atoms with E-state index in [1.165, 1.54) is 0 Å². The predicted octanol–water partition coefficient (Wildman–Crippen LogP) is 3.07. The van der Waals surface area contributed by atoms with E-state index in [0.717, 1.165) is 0 Å². The van der Waals surface area contributed by atoms with Crippen molar-refractivity contribution in [1.82, 2.24) is 7.71 Å². The van der Waals surface area contributed by atoms with Gasteiger partial charge < -0.3 is 0 Å². The Kier molecular flexibility index (Phi) is 7.22. The molecule has 0 bridgehead atoms. The van der Waals surface area contributed by atoms with Gasteiger partial charge in [0.2, 0.25) is 0 Å². The summed E-state index contributed by atoms with van der Waals surface area (Å²) in [6.07, 6.45) is 0. The summed E-state index contributed by atoms with van der Waals surface area (Å²) in [5.74, 6) is 2.52. The number of hydrogen-bond acceptors (Lipinski definition) is 2. The molecule has 0 saturated carbocycles. The molecule has 0 spiro atoms. The van der Waals surface area contributed by atoms with E-state index in [9.17, 15) is 0 Å². The molecule has 0 aliphatic rings. The summed E-state index contributed by atoms with van der Waals surface area (Å²) in [6.45, 7) is 18.7. The van der Waals surface area contributed by atoms with E-state index in [1.54, 1.807) is 0 Å². The summed E-state index contributed by atoms with van der Waals surface area (Å²) in [5.41, 5.74) is 0. The molecule has 0 rings (SSSR count). The second-order valence-electron chi connectivity index (χ2n) is 5.90. The second-order valence-corrected chi connectivity index (χ2v) is 11.1. The predicted molar refractivity (Wildman–Crippen MR) is 77.2 cm³/mol. The van der Waals surface area contributed by atoms with Crippen molar-refractivity contribution in [2.24, 2.45) is 0 Å². The van der Waals surface area contributed by atoms with Crippen LogP contribution in [0.5, 0.6) is 0 Å². The molecule has 0 aliphatic carbocycles. The number of hydrogen-bond donors (Lipinski definition) is 0. The van der Waals surface area contributed by atoms with E-state index in [0.29, 0.717) is 24.2 Å². The Morgan fingerprint density at radius 1 is 0.562 bits per heavy atom. The molecule has 0 aliphatic heterocycles. The SMILES string of the molecule is CC(C)[N](C(C)C)[GeH]([CH3])[N](C(C)C)C(C)C. The van der Waals surface area contributed by atoms with Crippen molar-refractivity contribution >= 4 is 14.8 Å². The average molecular weight is 289 g/mol. The third-order valence-electron chi connectivity index (χ3n) is 3.25. The van der Waals surface area contributed by atoms with Crippen LogP contribution in [0.1, 0.15) is 55.4 Å². The maximum atomic E-state index is 2.77. The molecule has 0 aromatic carbocycles. The number of rotatable bonds is 6. The van der Waals surface area contributed by atoms with Gasteiger partial charge in [0.25, 0.3) is 0 Å². The van der Waals surface area contributed by atoms with Crippen LogP contribution in [0.3, 0.4) is 0 Å². The summed E-state index contributed by atoms with van der Waals surface area (Å²) in [6, 6.07) is 2.70. The van der Waals surface area contributed by atoms with Crippen LogP contribution in [0.25, 0.3) is 0 Å². The molecule has 0 aromatic heterocycles. The zero-order valence-corrected chi connectivity index (χ0v) is 15.2. The van der Waals surface area contributed by atoms with E-state index >= 15 is 0 Å². The molecule has 0 unspecified atom stereocenters. The first-order valence-corrected chi connectivity index (χ1v) is 11.3. The normalized spacial score (nSPS) is 13.5. The Labute approximate surface area is 108 Å². The van der Waals surface area contributed by atoms with Gasteiger partial charge in [0.1, 0.15) is 0 Å². The van der Waals surface area contributed by atoms with Crippen LogP contribution in [0.4, 0.5) is 0 Å². The van der Waals surface area contributed by atoms with E-state index in [1.807, 2.05) is 0 Å². The van der Waals surface area contributed by atoms with Gasteiger partial charge in [0.05, 0.1) is 0 Å². The van der Waals surface area contributed by atoms with Crippen molar-refractivity contribution in [2.75, 3.05) is 0 Å². The fourth-order valence-corrected chi connectivity index (χ4v) is 11.0. The fourth-order valence-electron chi connectivity index (χ4n) is 3.07. The van der Waals surface area contributed by atoms with Crippen LogP contribution < -0.4 is 0 Å². The Hall–Kier alpha value is 0.463. The zero-order valence-electron chi connectivity index (χ0n) is 12.8. The second kappa shape index (κ2) is 7.02. The van der Waals surface area contributed by atoms with Gasteiger partial charge in [-0.15, -0.1) is 0 Å². The Bertz CT molecular complexity index is 154. The van der Waals surface area contributed by atoms with Crippen LogP contribution in [0.15, 0.2) is 0 Å². The van der Waals surface area contributed by atoms with E-state index in [-0.39, 0.29) is 0 Å². The molecule has 2 nitrogen and oxygen atoms in total. The van der Waals surface area contributed by atoms with Crippen molar-refractivity contribution in [3.63, 3.8) is 0 Å². The fraction of sp³-hybridized carbons (Fsp3) is 1.00. The van der Waals surface area contributed by atoms with Crippen LogP contribution in [-0.2, 0) is 0 Å². The molecule has 0 saturated heterocycles. The molecule has 0 aromatic rings. The van der Waals surface area contributed by atoms with E-state index < -0.39 is 14.8 Å². The van der Waals surface area contributed by atoms with Crippen molar-refractivity contribution in [2.45, 2.75) is 85.3 Å². The van der Waals surface area contributed by atoms with Crippen molar-refractivity contribution in [1.29, 1.82) is 0 Å². The first-order valence-electron chi connectivity index (χ1n) is 6.75. The molecule has 0 N–H and O–H groups in total. The minimum atomic E-state index is -1.52. The van der Waals surface area contributed by atoms with Crippen LogP contribution >= 0.6 is 0 Å². The van der Waals surface area contributed by atoms with Gasteiger partial charge in [0, 0.05) is 0 Å². The standard InChI is InChI=1S/C13H32GeN2/c1-10(2)15(11(3)4)14(9)16(12(5)6)13(7)8/h10-14H,1-9H3. The van der Waals surface area contributed by atoms with E-state index in [4.69, 9.17) is 0 Å². The molecule has 16 heavy (non-hydrogen) atoms. The molecule has 0 heterocycles. The third-order valence-corrected chi connectivity index (χ3v) is 11.9. The summed E-state index contributed by atoms with van der Waals surface area (Å²) in [5, 5.41) is 0. The van der Waals surface area contributed by atoms with Crippen molar-refractivity contribution in [3.05, 3.63) is 0 Å². The quantitative estimate of drug-likeness (QED) is 0.693. The summed E-state index contributed by atoms with van der Waals surface area (Å²) >= 11 is -1.52. The van der Waals surface area contributed by atoms with Crippen LogP contribution in [-0.4, -0.2) is 46.7 Å². The van der Waals surface area contributed by atoms with E-state index in [2.05, 4.69) is 68.9 Å². The number of nitrogens with zero attached hydrogens (tertiary/aromatic N) is 2. The Balaban J connectivity index is 4.88. The molecule has 3 heteroatoms. The molecular formula is C13H32GeN2. The van der Waals surface area contributed by atoms with Gasteiger partial charge in [-0.05, 0) is 0 Å². The average Bonchev–Trinajstić information content (AvgIpc) is 1.99. The van der Waals surface area contributed by atoms with Gasteiger partial charge >= 0.3 is 108 Å². The minimum absolute atomic E-state index is 0.676.